The molecule has 0 aliphatic carbocycles. The first-order chi connectivity index (χ1) is 10.7. The van der Waals surface area contributed by atoms with Crippen molar-refractivity contribution in [3.05, 3.63) is 59.9 Å². The van der Waals surface area contributed by atoms with Crippen LogP contribution in [0.3, 0.4) is 0 Å². The number of fused-ring (bicyclic) bond motifs is 1. The molecule has 0 aliphatic rings. The van der Waals surface area contributed by atoms with Gasteiger partial charge in [0.2, 0.25) is 0 Å². The number of esters is 1. The molecule has 1 heterocycles. The number of nitrogens with one attached hydrogen (secondary N) is 1. The van der Waals surface area contributed by atoms with Gasteiger partial charge in [-0.3, -0.25) is 0 Å². The number of nitrogens with zero attached hydrogens (tertiary/aromatic N) is 1. The normalized spacial score (nSPS) is 10.7. The summed E-state index contributed by atoms with van der Waals surface area (Å²) in [6.45, 7) is 0.361. The fourth-order valence-electron chi connectivity index (χ4n) is 2.23. The lowest BCUT2D eigenvalue weighted by Crippen LogP contribution is -2.07. The van der Waals surface area contributed by atoms with E-state index in [9.17, 15) is 4.79 Å². The lowest BCUT2D eigenvalue weighted by atomic mass is 10.2. The van der Waals surface area contributed by atoms with Crippen LogP contribution >= 0.6 is 0 Å². The second-order valence-electron chi connectivity index (χ2n) is 5.06. The van der Waals surface area contributed by atoms with Gasteiger partial charge in [0, 0.05) is 12.1 Å². The van der Waals surface area contributed by atoms with Gasteiger partial charge in [0.15, 0.2) is 0 Å². The first-order valence-corrected chi connectivity index (χ1v) is 7.19. The number of rotatable bonds is 5. The van der Waals surface area contributed by atoms with E-state index in [-0.39, 0.29) is 5.97 Å². The highest BCUT2D eigenvalue weighted by Crippen LogP contribution is 2.12. The molecule has 22 heavy (non-hydrogen) atoms. The summed E-state index contributed by atoms with van der Waals surface area (Å²) >= 11 is 0. The number of H-pyrrole nitrogens is 1. The number of nitrogens with two attached hydrogens (primary N) is 1. The molecule has 3 N–H and O–H groups in total. The summed E-state index contributed by atoms with van der Waals surface area (Å²) in [6.07, 6.45) is 1.46. The van der Waals surface area contributed by atoms with Crippen LogP contribution in [0, 0.1) is 0 Å². The molecule has 0 saturated carbocycles. The van der Waals surface area contributed by atoms with Crippen molar-refractivity contribution in [3.63, 3.8) is 0 Å². The molecule has 5 nitrogen and oxygen atoms in total. The van der Waals surface area contributed by atoms with Gasteiger partial charge in [0.1, 0.15) is 5.82 Å². The molecule has 0 atom stereocenters. The summed E-state index contributed by atoms with van der Waals surface area (Å²) < 4.78 is 5.24. The number of aryl methyl sites for hydroxylation is 1. The molecule has 0 amide bonds. The number of para-hydroxylation sites is 2. The molecule has 0 spiro atoms. The van der Waals surface area contributed by atoms with Gasteiger partial charge in [-0.15, -0.1) is 0 Å². The van der Waals surface area contributed by atoms with Gasteiger partial charge >= 0.3 is 5.97 Å². The number of hydrogen-bond acceptors (Lipinski definition) is 4. The average molecular weight is 295 g/mol. The summed E-state index contributed by atoms with van der Waals surface area (Å²) in [5, 5.41) is 0. The van der Waals surface area contributed by atoms with E-state index in [0.29, 0.717) is 17.9 Å². The van der Waals surface area contributed by atoms with Crippen LogP contribution in [0.1, 0.15) is 22.6 Å². The number of carbonyl (C=O) groups is 1. The highest BCUT2D eigenvalue weighted by Gasteiger charge is 2.07. The molecule has 0 saturated heterocycles. The average Bonchev–Trinajstić information content (AvgIpc) is 2.95. The van der Waals surface area contributed by atoms with Crippen LogP contribution in [0.15, 0.2) is 48.5 Å². The maximum Gasteiger partial charge on any atom is 0.338 e. The molecule has 3 rings (SSSR count). The van der Waals surface area contributed by atoms with Crippen LogP contribution < -0.4 is 5.73 Å². The molecule has 112 valence electrons. The largest absolute Gasteiger partial charge is 0.462 e. The van der Waals surface area contributed by atoms with Gasteiger partial charge in [-0.25, -0.2) is 9.78 Å². The standard InChI is InChI=1S/C17H17N3O2/c18-13-9-7-12(8-10-13)17(21)22-11-3-6-16-19-14-4-1-2-5-15(14)20-16/h1-2,4-5,7-10H,3,6,11,18H2,(H,19,20). The van der Waals surface area contributed by atoms with Crippen molar-refractivity contribution in [1.29, 1.82) is 0 Å². The maximum atomic E-state index is 11.8. The number of anilines is 1. The van der Waals surface area contributed by atoms with Crippen LogP contribution in [0.5, 0.6) is 0 Å². The first-order valence-electron chi connectivity index (χ1n) is 7.19. The van der Waals surface area contributed by atoms with Crippen LogP contribution in [0.4, 0.5) is 5.69 Å². The number of nitrogen functional groups attached to an aromatic ring is 1. The van der Waals surface area contributed by atoms with Crippen LogP contribution in [0.25, 0.3) is 11.0 Å². The first kappa shape index (κ1) is 14.1. The van der Waals surface area contributed by atoms with E-state index in [0.717, 1.165) is 29.7 Å². The second-order valence-corrected chi connectivity index (χ2v) is 5.06. The molecule has 2 aromatic carbocycles. The molecule has 1 aromatic heterocycles. The Morgan fingerprint density at radius 3 is 2.68 bits per heavy atom. The number of aromatic nitrogens is 2. The van der Waals surface area contributed by atoms with E-state index in [1.807, 2.05) is 24.3 Å². The van der Waals surface area contributed by atoms with Gasteiger partial charge in [0.25, 0.3) is 0 Å². The topological polar surface area (TPSA) is 81.0 Å². The lowest BCUT2D eigenvalue weighted by Gasteiger charge is -2.04. The van der Waals surface area contributed by atoms with Gasteiger partial charge < -0.3 is 15.5 Å². The predicted molar refractivity (Wildman–Crippen MR) is 85.6 cm³/mol. The maximum absolute atomic E-state index is 11.8. The SMILES string of the molecule is Nc1ccc(C(=O)OCCCc2nc3ccccc3[nH]2)cc1. The van der Waals surface area contributed by atoms with Crippen molar-refractivity contribution in [2.75, 3.05) is 12.3 Å². The van der Waals surface area contributed by atoms with Crippen LogP contribution in [-0.4, -0.2) is 22.5 Å². The van der Waals surface area contributed by atoms with Gasteiger partial charge in [-0.1, -0.05) is 12.1 Å². The quantitative estimate of drug-likeness (QED) is 0.431. The molecule has 5 heteroatoms. The van der Waals surface area contributed by atoms with Crippen molar-refractivity contribution in [2.24, 2.45) is 0 Å². The van der Waals surface area contributed by atoms with Gasteiger partial charge in [0.05, 0.1) is 23.2 Å². The number of ether oxygens (including phenoxy) is 1. The van der Waals surface area contributed by atoms with Crippen molar-refractivity contribution >= 4 is 22.7 Å². The van der Waals surface area contributed by atoms with Crippen molar-refractivity contribution in [3.8, 4) is 0 Å². The van der Waals surface area contributed by atoms with E-state index in [4.69, 9.17) is 10.5 Å². The van der Waals surface area contributed by atoms with Crippen molar-refractivity contribution in [2.45, 2.75) is 12.8 Å². The highest BCUT2D eigenvalue weighted by atomic mass is 16.5. The minimum atomic E-state index is -0.329. The molecular formula is C17H17N3O2. The van der Waals surface area contributed by atoms with E-state index < -0.39 is 0 Å². The third-order valence-electron chi connectivity index (χ3n) is 3.38. The Morgan fingerprint density at radius 1 is 1.14 bits per heavy atom. The Kier molecular flexibility index (Phi) is 4.05. The zero-order valence-corrected chi connectivity index (χ0v) is 12.1. The van der Waals surface area contributed by atoms with E-state index in [1.165, 1.54) is 0 Å². The fraction of sp³-hybridized carbons (Fsp3) is 0.176. The zero-order chi connectivity index (χ0) is 15.4. The Hall–Kier alpha value is -2.82. The number of aromatic amines is 1. The number of imidazole rings is 1. The van der Waals surface area contributed by atoms with Crippen molar-refractivity contribution in [1.82, 2.24) is 9.97 Å². The third-order valence-corrected chi connectivity index (χ3v) is 3.38. The molecular weight excluding hydrogens is 278 g/mol. The van der Waals surface area contributed by atoms with Gasteiger partial charge in [-0.05, 0) is 42.8 Å². The Morgan fingerprint density at radius 2 is 1.91 bits per heavy atom. The highest BCUT2D eigenvalue weighted by molar-refractivity contribution is 5.89. The molecule has 0 radical (unpaired) electrons. The van der Waals surface area contributed by atoms with Gasteiger partial charge in [-0.2, -0.15) is 0 Å². The summed E-state index contributed by atoms with van der Waals surface area (Å²) in [5.74, 6) is 0.578. The number of hydrogen-bond donors (Lipinski definition) is 2. The van der Waals surface area contributed by atoms with E-state index in [2.05, 4.69) is 9.97 Å². The third kappa shape index (κ3) is 3.25. The number of benzene rings is 2. The number of carbonyl (C=O) groups excluding carboxylic acids is 1. The summed E-state index contributed by atoms with van der Waals surface area (Å²) in [7, 11) is 0. The summed E-state index contributed by atoms with van der Waals surface area (Å²) in [4.78, 5) is 19.6. The molecule has 0 unspecified atom stereocenters. The molecule has 0 fully saturated rings. The van der Waals surface area contributed by atoms with Crippen LogP contribution in [-0.2, 0) is 11.2 Å². The lowest BCUT2D eigenvalue weighted by molar-refractivity contribution is 0.0500. The van der Waals surface area contributed by atoms with Crippen LogP contribution in [0.2, 0.25) is 0 Å². The van der Waals surface area contributed by atoms with Crippen molar-refractivity contribution < 1.29 is 9.53 Å². The predicted octanol–water partition coefficient (Wildman–Crippen LogP) is 2.93. The molecule has 0 bridgehead atoms. The molecule has 0 aliphatic heterocycles. The monoisotopic (exact) mass is 295 g/mol. The van der Waals surface area contributed by atoms with E-state index in [1.54, 1.807) is 24.3 Å². The fourth-order valence-corrected chi connectivity index (χ4v) is 2.23. The second kappa shape index (κ2) is 6.30. The summed E-state index contributed by atoms with van der Waals surface area (Å²) in [6, 6.07) is 14.6. The minimum absolute atomic E-state index is 0.329. The van der Waals surface area contributed by atoms with E-state index >= 15 is 0 Å². The zero-order valence-electron chi connectivity index (χ0n) is 12.1. The molecule has 3 aromatic rings. The Labute approximate surface area is 128 Å². The Bertz CT molecular complexity index is 745. The minimum Gasteiger partial charge on any atom is -0.462 e. The Balaban J connectivity index is 1.49. The summed E-state index contributed by atoms with van der Waals surface area (Å²) in [5.41, 5.74) is 8.70. The smallest absolute Gasteiger partial charge is 0.338 e.